The van der Waals surface area contributed by atoms with Gasteiger partial charge in [-0.2, -0.15) is 0 Å². The van der Waals surface area contributed by atoms with Crippen molar-refractivity contribution in [2.75, 3.05) is 19.6 Å². The molecule has 0 unspecified atom stereocenters. The van der Waals surface area contributed by atoms with Crippen molar-refractivity contribution in [3.05, 3.63) is 23.2 Å². The minimum atomic E-state index is -1.49. The van der Waals surface area contributed by atoms with Gasteiger partial charge in [0.05, 0.1) is 6.54 Å². The lowest BCUT2D eigenvalue weighted by Gasteiger charge is -2.35. The first-order valence-corrected chi connectivity index (χ1v) is 9.57. The molecule has 2 aliphatic heterocycles. The maximum absolute atomic E-state index is 14.1. The van der Waals surface area contributed by atoms with Gasteiger partial charge in [-0.3, -0.25) is 4.90 Å². The molecule has 1 aliphatic carbocycles. The molecule has 2 heterocycles. The standard InChI is InChI=1S/C17H24FN3O3S/c1-16(2,3)25(24)20-14-12-8-11(18)10-21(15(22)23)13(12)9-17(14)4-6-19-7-5-17/h8,19H,4-7,9-10H2,1-3H3,(H,22,23)/b20-14+/t25-/m1/s1. The topological polar surface area (TPSA) is 88.0 Å². The molecule has 3 aliphatic rings. The summed E-state index contributed by atoms with van der Waals surface area (Å²) in [4.78, 5) is 12.7. The molecular weight excluding hydrogens is 345 g/mol. The molecule has 2 N–H and O–H groups in total. The third-order valence-electron chi connectivity index (χ3n) is 5.00. The van der Waals surface area contributed by atoms with Crippen molar-refractivity contribution in [3.63, 3.8) is 0 Å². The number of hydrogen-bond acceptors (Lipinski definition) is 4. The second-order valence-corrected chi connectivity index (χ2v) is 9.73. The van der Waals surface area contributed by atoms with Crippen LogP contribution in [0.5, 0.6) is 0 Å². The first kappa shape index (κ1) is 18.4. The molecule has 1 fully saturated rings. The van der Waals surface area contributed by atoms with Gasteiger partial charge in [-0.25, -0.2) is 9.18 Å². The van der Waals surface area contributed by atoms with E-state index >= 15 is 0 Å². The van der Waals surface area contributed by atoms with Crippen LogP contribution in [0.25, 0.3) is 0 Å². The lowest BCUT2D eigenvalue weighted by atomic mass is 9.74. The summed E-state index contributed by atoms with van der Waals surface area (Å²) in [6.45, 7) is 6.81. The first-order valence-electron chi connectivity index (χ1n) is 8.46. The van der Waals surface area contributed by atoms with E-state index in [9.17, 15) is 18.8 Å². The first-order chi connectivity index (χ1) is 11.6. The van der Waals surface area contributed by atoms with E-state index in [-0.39, 0.29) is 12.0 Å². The normalized spacial score (nSPS) is 26.0. The number of hydrogen-bond donors (Lipinski definition) is 2. The number of carboxylic acid groups (broad SMARTS) is 1. The molecule has 0 saturated carbocycles. The lowest BCUT2D eigenvalue weighted by Crippen LogP contribution is -2.41. The summed E-state index contributed by atoms with van der Waals surface area (Å²) in [5, 5.41) is 12.8. The van der Waals surface area contributed by atoms with Crippen molar-refractivity contribution >= 4 is 23.2 Å². The molecule has 0 radical (unpaired) electrons. The summed E-state index contributed by atoms with van der Waals surface area (Å²) >= 11 is -1.49. The number of piperidine rings is 1. The van der Waals surface area contributed by atoms with Gasteiger partial charge in [-0.1, -0.05) is 4.40 Å². The Balaban J connectivity index is 2.11. The van der Waals surface area contributed by atoms with Crippen LogP contribution < -0.4 is 5.32 Å². The van der Waals surface area contributed by atoms with E-state index in [1.165, 1.54) is 6.08 Å². The van der Waals surface area contributed by atoms with Crippen LogP contribution in [0.4, 0.5) is 9.18 Å². The Morgan fingerprint density at radius 3 is 2.64 bits per heavy atom. The van der Waals surface area contributed by atoms with Crippen LogP contribution in [-0.4, -0.2) is 50.7 Å². The maximum atomic E-state index is 14.1. The Bertz CT molecular complexity index is 675. The van der Waals surface area contributed by atoms with E-state index < -0.39 is 28.0 Å². The van der Waals surface area contributed by atoms with Gasteiger partial charge in [0.1, 0.15) is 27.6 Å². The molecule has 0 aromatic carbocycles. The zero-order chi connectivity index (χ0) is 18.4. The van der Waals surface area contributed by atoms with Crippen LogP contribution in [-0.2, 0) is 11.4 Å². The number of halogens is 1. The third-order valence-corrected chi connectivity index (χ3v) is 6.40. The van der Waals surface area contributed by atoms with Gasteiger partial charge in [0.25, 0.3) is 0 Å². The summed E-state index contributed by atoms with van der Waals surface area (Å²) in [6.07, 6.45) is 2.24. The van der Waals surface area contributed by atoms with Crippen LogP contribution in [0.1, 0.15) is 40.0 Å². The van der Waals surface area contributed by atoms with Crippen molar-refractivity contribution in [1.82, 2.24) is 10.2 Å². The predicted molar refractivity (Wildman–Crippen MR) is 95.4 cm³/mol. The van der Waals surface area contributed by atoms with Gasteiger partial charge in [0, 0.05) is 23.1 Å². The number of amides is 1. The highest BCUT2D eigenvalue weighted by Gasteiger charge is 2.50. The molecule has 25 heavy (non-hydrogen) atoms. The van der Waals surface area contributed by atoms with Gasteiger partial charge in [0.15, 0.2) is 0 Å². The Morgan fingerprint density at radius 2 is 2.08 bits per heavy atom. The number of nitrogens with one attached hydrogen (secondary N) is 1. The molecule has 1 spiro atoms. The lowest BCUT2D eigenvalue weighted by molar-refractivity contribution is 0.154. The van der Waals surface area contributed by atoms with Crippen molar-refractivity contribution in [3.8, 4) is 0 Å². The molecule has 0 bridgehead atoms. The fraction of sp³-hybridized carbons (Fsp3) is 0.647. The summed E-state index contributed by atoms with van der Waals surface area (Å²) in [6, 6.07) is 0. The van der Waals surface area contributed by atoms with Gasteiger partial charge < -0.3 is 15.0 Å². The molecule has 0 aromatic rings. The zero-order valence-electron chi connectivity index (χ0n) is 14.8. The summed E-state index contributed by atoms with van der Waals surface area (Å²) in [5.74, 6) is -0.513. The molecule has 1 amide bonds. The number of rotatable bonds is 1. The fourth-order valence-corrected chi connectivity index (χ4v) is 4.36. The summed E-state index contributed by atoms with van der Waals surface area (Å²) in [5.41, 5.74) is 1.33. The highest BCUT2D eigenvalue weighted by Crippen LogP contribution is 2.49. The molecule has 6 nitrogen and oxygen atoms in total. The fourth-order valence-electron chi connectivity index (χ4n) is 3.63. The largest absolute Gasteiger partial charge is 0.591 e. The third kappa shape index (κ3) is 3.35. The van der Waals surface area contributed by atoms with Crippen LogP contribution in [0, 0.1) is 5.41 Å². The number of allylic oxidation sites excluding steroid dienone is 3. The molecular formula is C17H24FN3O3S. The Hall–Kier alpha value is -1.38. The van der Waals surface area contributed by atoms with Crippen LogP contribution in [0.3, 0.4) is 0 Å². The average Bonchev–Trinajstić information content (AvgIpc) is 2.80. The molecule has 138 valence electrons. The smallest absolute Gasteiger partial charge is 0.411 e. The Kier molecular flexibility index (Phi) is 4.72. The van der Waals surface area contributed by atoms with Crippen molar-refractivity contribution in [2.24, 2.45) is 9.81 Å². The molecule has 3 rings (SSSR count). The second kappa shape index (κ2) is 6.41. The highest BCUT2D eigenvalue weighted by molar-refractivity contribution is 7.91. The van der Waals surface area contributed by atoms with Crippen LogP contribution in [0.2, 0.25) is 0 Å². The minimum Gasteiger partial charge on any atom is -0.591 e. The van der Waals surface area contributed by atoms with Gasteiger partial charge in [-0.15, -0.1) is 0 Å². The minimum absolute atomic E-state index is 0.266. The van der Waals surface area contributed by atoms with Gasteiger partial charge in [0.2, 0.25) is 0 Å². The Labute approximate surface area is 150 Å². The van der Waals surface area contributed by atoms with E-state index in [1.807, 2.05) is 20.8 Å². The average molecular weight is 369 g/mol. The zero-order valence-corrected chi connectivity index (χ0v) is 15.6. The summed E-state index contributed by atoms with van der Waals surface area (Å²) < 4.78 is 30.7. The molecule has 1 atom stereocenters. The van der Waals surface area contributed by atoms with E-state index in [1.54, 1.807) is 0 Å². The number of carbonyl (C=O) groups is 1. The number of nitrogens with zero attached hydrogens (tertiary/aromatic N) is 2. The SMILES string of the molecule is CC(C)(C)[S@@+]([O-])/N=C1\C2=C(CC13CCNCC3)N(C(=O)O)CC(F)=C2. The monoisotopic (exact) mass is 369 g/mol. The second-order valence-electron chi connectivity index (χ2n) is 7.83. The van der Waals surface area contributed by atoms with E-state index in [4.69, 9.17) is 0 Å². The summed E-state index contributed by atoms with van der Waals surface area (Å²) in [7, 11) is 0. The van der Waals surface area contributed by atoms with Gasteiger partial charge >= 0.3 is 6.09 Å². The van der Waals surface area contributed by atoms with Crippen molar-refractivity contribution < 1.29 is 18.8 Å². The van der Waals surface area contributed by atoms with Crippen LogP contribution >= 0.6 is 0 Å². The van der Waals surface area contributed by atoms with Crippen LogP contribution in [0.15, 0.2) is 27.6 Å². The quantitative estimate of drug-likeness (QED) is 0.696. The van der Waals surface area contributed by atoms with Gasteiger partial charge in [-0.05, 0) is 52.8 Å². The van der Waals surface area contributed by atoms with E-state index in [2.05, 4.69) is 9.71 Å². The molecule has 8 heteroatoms. The predicted octanol–water partition coefficient (Wildman–Crippen LogP) is 2.76. The van der Waals surface area contributed by atoms with Crippen molar-refractivity contribution in [1.29, 1.82) is 0 Å². The van der Waals surface area contributed by atoms with E-state index in [0.717, 1.165) is 30.8 Å². The Morgan fingerprint density at radius 1 is 1.44 bits per heavy atom. The van der Waals surface area contributed by atoms with Crippen molar-refractivity contribution in [2.45, 2.75) is 44.8 Å². The van der Waals surface area contributed by atoms with E-state index in [0.29, 0.717) is 23.4 Å². The highest BCUT2D eigenvalue weighted by atomic mass is 32.2. The maximum Gasteiger partial charge on any atom is 0.411 e. The molecule has 1 saturated heterocycles. The molecule has 0 aromatic heterocycles.